The number of amides is 2. The van der Waals surface area contributed by atoms with Crippen LogP contribution in [0.3, 0.4) is 0 Å². The van der Waals surface area contributed by atoms with Gasteiger partial charge in [0, 0.05) is 23.9 Å². The van der Waals surface area contributed by atoms with Crippen LogP contribution in [0.5, 0.6) is 17.2 Å². The van der Waals surface area contributed by atoms with E-state index < -0.39 is 11.8 Å². The first kappa shape index (κ1) is 22.2. The van der Waals surface area contributed by atoms with Crippen LogP contribution in [-0.2, 0) is 9.59 Å². The first-order chi connectivity index (χ1) is 16.0. The topological polar surface area (TPSA) is 77.1 Å². The van der Waals surface area contributed by atoms with Crippen LogP contribution in [0.2, 0.25) is 5.02 Å². The molecule has 1 heterocycles. The van der Waals surface area contributed by atoms with Crippen LogP contribution in [0.15, 0.2) is 72.4 Å². The zero-order valence-electron chi connectivity index (χ0n) is 18.2. The molecule has 0 saturated heterocycles. The normalized spacial score (nSPS) is 13.4. The van der Waals surface area contributed by atoms with Crippen molar-refractivity contribution in [1.82, 2.24) is 0 Å². The lowest BCUT2D eigenvalue weighted by Gasteiger charge is -2.17. The Morgan fingerprint density at radius 1 is 0.788 bits per heavy atom. The molecule has 0 aliphatic carbocycles. The number of anilines is 2. The van der Waals surface area contributed by atoms with E-state index in [0.29, 0.717) is 34.2 Å². The maximum absolute atomic E-state index is 13.5. The Morgan fingerprint density at radius 2 is 1.45 bits per heavy atom. The SMILES string of the molecule is COc1cc(NC2=C(c3ccccc3)C(=O)N(c3ccc(OC)c(Cl)c3)C2=O)cc(OC)c1. The predicted octanol–water partition coefficient (Wildman–Crippen LogP) is 4.76. The number of halogens is 1. The summed E-state index contributed by atoms with van der Waals surface area (Å²) in [6.07, 6.45) is 0. The molecule has 0 radical (unpaired) electrons. The van der Waals surface area contributed by atoms with E-state index in [1.54, 1.807) is 54.6 Å². The predicted molar refractivity (Wildman–Crippen MR) is 127 cm³/mol. The third kappa shape index (κ3) is 4.23. The molecule has 7 nitrogen and oxygen atoms in total. The van der Waals surface area contributed by atoms with Crippen LogP contribution in [0.25, 0.3) is 5.57 Å². The van der Waals surface area contributed by atoms with Crippen LogP contribution in [-0.4, -0.2) is 33.1 Å². The smallest absolute Gasteiger partial charge is 0.282 e. The molecule has 1 aliphatic heterocycles. The average Bonchev–Trinajstić information content (AvgIpc) is 3.08. The lowest BCUT2D eigenvalue weighted by molar-refractivity contribution is -0.120. The summed E-state index contributed by atoms with van der Waals surface area (Å²) in [7, 11) is 4.56. The number of hydrogen-bond donors (Lipinski definition) is 1. The summed E-state index contributed by atoms with van der Waals surface area (Å²) in [6, 6.07) is 18.9. The summed E-state index contributed by atoms with van der Waals surface area (Å²) in [4.78, 5) is 28.1. The number of methoxy groups -OCH3 is 3. The Bertz CT molecular complexity index is 1230. The summed E-state index contributed by atoms with van der Waals surface area (Å²) in [6.45, 7) is 0. The van der Waals surface area contributed by atoms with Gasteiger partial charge in [-0.05, 0) is 23.8 Å². The number of nitrogens with zero attached hydrogens (tertiary/aromatic N) is 1. The van der Waals surface area contributed by atoms with E-state index in [0.717, 1.165) is 4.90 Å². The molecule has 0 fully saturated rings. The van der Waals surface area contributed by atoms with Gasteiger partial charge in [0.2, 0.25) is 0 Å². The van der Waals surface area contributed by atoms with Crippen molar-refractivity contribution in [1.29, 1.82) is 0 Å². The van der Waals surface area contributed by atoms with Crippen molar-refractivity contribution in [2.45, 2.75) is 0 Å². The second-order valence-corrected chi connectivity index (χ2v) is 7.51. The quantitative estimate of drug-likeness (QED) is 0.508. The minimum Gasteiger partial charge on any atom is -0.497 e. The van der Waals surface area contributed by atoms with Crippen molar-refractivity contribution in [3.8, 4) is 17.2 Å². The molecule has 0 bridgehead atoms. The number of hydrogen-bond acceptors (Lipinski definition) is 6. The van der Waals surface area contributed by atoms with Gasteiger partial charge in [0.05, 0.1) is 37.6 Å². The number of rotatable bonds is 7. The van der Waals surface area contributed by atoms with Gasteiger partial charge in [-0.1, -0.05) is 41.9 Å². The highest BCUT2D eigenvalue weighted by atomic mass is 35.5. The van der Waals surface area contributed by atoms with Gasteiger partial charge in [-0.2, -0.15) is 0 Å². The van der Waals surface area contributed by atoms with Crippen LogP contribution < -0.4 is 24.4 Å². The molecule has 0 aromatic heterocycles. The number of nitrogens with one attached hydrogen (secondary N) is 1. The van der Waals surface area contributed by atoms with E-state index in [9.17, 15) is 9.59 Å². The van der Waals surface area contributed by atoms with E-state index >= 15 is 0 Å². The van der Waals surface area contributed by atoms with Crippen molar-refractivity contribution in [2.75, 3.05) is 31.5 Å². The standard InChI is InChI=1S/C25H21ClN2O5/c1-31-18-11-16(12-19(14-18)32-2)27-23-22(15-7-5-4-6-8-15)24(29)28(25(23)30)17-9-10-21(33-3)20(26)13-17/h4-14,27H,1-3H3. The van der Waals surface area contributed by atoms with E-state index in [-0.39, 0.29) is 16.3 Å². The summed E-state index contributed by atoms with van der Waals surface area (Å²) >= 11 is 6.26. The number of imide groups is 1. The minimum atomic E-state index is -0.512. The molecule has 0 saturated carbocycles. The lowest BCUT2D eigenvalue weighted by Crippen LogP contribution is -2.32. The number of carbonyl (C=O) groups is 2. The number of benzene rings is 3. The van der Waals surface area contributed by atoms with Crippen molar-refractivity contribution in [2.24, 2.45) is 0 Å². The summed E-state index contributed by atoms with van der Waals surface area (Å²) in [5.41, 5.74) is 1.85. The van der Waals surface area contributed by atoms with Crippen LogP contribution in [0.4, 0.5) is 11.4 Å². The zero-order valence-corrected chi connectivity index (χ0v) is 19.0. The largest absolute Gasteiger partial charge is 0.497 e. The van der Waals surface area contributed by atoms with Gasteiger partial charge in [0.25, 0.3) is 11.8 Å². The fraction of sp³-hybridized carbons (Fsp3) is 0.120. The summed E-state index contributed by atoms with van der Waals surface area (Å²) in [5.74, 6) is 0.535. The Morgan fingerprint density at radius 3 is 2.03 bits per heavy atom. The Kier molecular flexibility index (Phi) is 6.24. The van der Waals surface area contributed by atoms with E-state index in [1.165, 1.54) is 27.4 Å². The van der Waals surface area contributed by atoms with Crippen molar-refractivity contribution < 1.29 is 23.8 Å². The maximum Gasteiger partial charge on any atom is 0.282 e. The molecule has 1 aliphatic rings. The fourth-order valence-electron chi connectivity index (χ4n) is 3.57. The third-order valence-electron chi connectivity index (χ3n) is 5.16. The van der Waals surface area contributed by atoms with Crippen LogP contribution >= 0.6 is 11.6 Å². The Hall–Kier alpha value is -3.97. The molecule has 0 spiro atoms. The molecule has 3 aromatic rings. The third-order valence-corrected chi connectivity index (χ3v) is 5.46. The molecular weight excluding hydrogens is 444 g/mol. The first-order valence-electron chi connectivity index (χ1n) is 9.99. The second-order valence-electron chi connectivity index (χ2n) is 7.11. The van der Waals surface area contributed by atoms with Crippen LogP contribution in [0, 0.1) is 0 Å². The lowest BCUT2D eigenvalue weighted by atomic mass is 10.0. The molecule has 168 valence electrons. The van der Waals surface area contributed by atoms with Gasteiger partial charge in [-0.3, -0.25) is 9.59 Å². The van der Waals surface area contributed by atoms with Gasteiger partial charge < -0.3 is 19.5 Å². The van der Waals surface area contributed by atoms with Gasteiger partial charge in [0.15, 0.2) is 0 Å². The molecule has 1 N–H and O–H groups in total. The highest BCUT2D eigenvalue weighted by Gasteiger charge is 2.40. The highest BCUT2D eigenvalue weighted by Crippen LogP contribution is 2.37. The Balaban J connectivity index is 1.81. The zero-order chi connectivity index (χ0) is 23.5. The molecule has 8 heteroatoms. The number of carbonyl (C=O) groups excluding carboxylic acids is 2. The summed E-state index contributed by atoms with van der Waals surface area (Å²) < 4.78 is 15.8. The van der Waals surface area contributed by atoms with Crippen LogP contribution in [0.1, 0.15) is 5.56 Å². The summed E-state index contributed by atoms with van der Waals surface area (Å²) in [5, 5.41) is 3.39. The van der Waals surface area contributed by atoms with Gasteiger partial charge in [-0.25, -0.2) is 4.90 Å². The van der Waals surface area contributed by atoms with E-state index in [2.05, 4.69) is 5.32 Å². The van der Waals surface area contributed by atoms with E-state index in [1.807, 2.05) is 6.07 Å². The van der Waals surface area contributed by atoms with Crippen molar-refractivity contribution >= 4 is 40.4 Å². The molecule has 3 aromatic carbocycles. The highest BCUT2D eigenvalue weighted by molar-refractivity contribution is 6.46. The van der Waals surface area contributed by atoms with Crippen molar-refractivity contribution in [3.05, 3.63) is 83.0 Å². The monoisotopic (exact) mass is 464 g/mol. The van der Waals surface area contributed by atoms with Gasteiger partial charge in [0.1, 0.15) is 22.9 Å². The number of ether oxygens (including phenoxy) is 3. The molecular formula is C25H21ClN2O5. The first-order valence-corrected chi connectivity index (χ1v) is 10.4. The Labute approximate surface area is 196 Å². The molecule has 0 unspecified atom stereocenters. The average molecular weight is 465 g/mol. The fourth-order valence-corrected chi connectivity index (χ4v) is 3.82. The maximum atomic E-state index is 13.5. The van der Waals surface area contributed by atoms with Crippen molar-refractivity contribution in [3.63, 3.8) is 0 Å². The molecule has 4 rings (SSSR count). The molecule has 2 amide bonds. The molecule has 33 heavy (non-hydrogen) atoms. The van der Waals surface area contributed by atoms with Gasteiger partial charge >= 0.3 is 0 Å². The second kappa shape index (κ2) is 9.26. The molecule has 0 atom stereocenters. The van der Waals surface area contributed by atoms with Gasteiger partial charge in [-0.15, -0.1) is 0 Å². The van der Waals surface area contributed by atoms with E-state index in [4.69, 9.17) is 25.8 Å². The minimum absolute atomic E-state index is 0.133.